The van der Waals surface area contributed by atoms with Crippen molar-refractivity contribution in [2.75, 3.05) is 30.4 Å². The number of aromatic nitrogens is 3. The van der Waals surface area contributed by atoms with Crippen molar-refractivity contribution in [2.45, 2.75) is 0 Å². The Morgan fingerprint density at radius 3 is 3.29 bits per heavy atom. The Labute approximate surface area is 122 Å². The lowest BCUT2D eigenvalue weighted by molar-refractivity contribution is 0.311. The van der Waals surface area contributed by atoms with Gasteiger partial charge in [0.2, 0.25) is 0 Å². The lowest BCUT2D eigenvalue weighted by Crippen LogP contribution is -2.28. The molecule has 1 aromatic carbocycles. The Morgan fingerprint density at radius 2 is 2.33 bits per heavy atom. The van der Waals surface area contributed by atoms with Crippen LogP contribution in [0.2, 0.25) is 0 Å². The van der Waals surface area contributed by atoms with Crippen molar-refractivity contribution in [3.8, 4) is 5.75 Å². The Morgan fingerprint density at radius 1 is 1.38 bits per heavy atom. The summed E-state index contributed by atoms with van der Waals surface area (Å²) in [5, 5.41) is 3.27. The number of fused-ring (bicyclic) bond motifs is 2. The molecule has 21 heavy (non-hydrogen) atoms. The van der Waals surface area contributed by atoms with Crippen molar-refractivity contribution >= 4 is 22.8 Å². The van der Waals surface area contributed by atoms with E-state index in [1.165, 1.54) is 0 Å². The molecule has 1 N–H and O–H groups in total. The van der Waals surface area contributed by atoms with Crippen LogP contribution < -0.4 is 15.0 Å². The van der Waals surface area contributed by atoms with Gasteiger partial charge in [-0.1, -0.05) is 0 Å². The third kappa shape index (κ3) is 2.05. The number of imidazole rings is 1. The molecule has 4 rings (SSSR count). The quantitative estimate of drug-likeness (QED) is 0.779. The average Bonchev–Trinajstić information content (AvgIpc) is 2.97. The molecule has 1 aliphatic rings. The summed E-state index contributed by atoms with van der Waals surface area (Å²) in [6, 6.07) is 6.05. The third-order valence-corrected chi connectivity index (χ3v) is 3.57. The SMILES string of the molecule is CN1CCOc2cc(Nc3n[c]cn4ccnc34)ccc21. The number of ether oxygens (including phenoxy) is 1. The molecule has 1 aliphatic heterocycles. The minimum Gasteiger partial charge on any atom is -0.489 e. The van der Waals surface area contributed by atoms with Crippen LogP contribution in [-0.4, -0.2) is 34.6 Å². The summed E-state index contributed by atoms with van der Waals surface area (Å²) < 4.78 is 7.59. The van der Waals surface area contributed by atoms with E-state index in [4.69, 9.17) is 4.74 Å². The smallest absolute Gasteiger partial charge is 0.180 e. The average molecular weight is 280 g/mol. The highest BCUT2D eigenvalue weighted by Crippen LogP contribution is 2.34. The van der Waals surface area contributed by atoms with Crippen LogP contribution in [-0.2, 0) is 0 Å². The topological polar surface area (TPSA) is 54.7 Å². The Hall–Kier alpha value is -2.76. The van der Waals surface area contributed by atoms with Gasteiger partial charge in [0.15, 0.2) is 11.5 Å². The zero-order valence-electron chi connectivity index (χ0n) is 11.6. The zero-order valence-corrected chi connectivity index (χ0v) is 11.6. The van der Waals surface area contributed by atoms with Gasteiger partial charge >= 0.3 is 0 Å². The summed E-state index contributed by atoms with van der Waals surface area (Å²) >= 11 is 0. The van der Waals surface area contributed by atoms with Crippen LogP contribution in [0.1, 0.15) is 0 Å². The molecular formula is C15H14N5O. The highest BCUT2D eigenvalue weighted by Gasteiger charge is 2.15. The van der Waals surface area contributed by atoms with Crippen molar-refractivity contribution in [1.29, 1.82) is 0 Å². The molecule has 3 heterocycles. The highest BCUT2D eigenvalue weighted by molar-refractivity contribution is 5.73. The van der Waals surface area contributed by atoms with Crippen molar-refractivity contribution in [3.63, 3.8) is 0 Å². The normalized spacial score (nSPS) is 13.9. The number of rotatable bonds is 2. The molecule has 0 fully saturated rings. The summed E-state index contributed by atoms with van der Waals surface area (Å²) in [6.07, 6.45) is 8.20. The van der Waals surface area contributed by atoms with Gasteiger partial charge in [-0.3, -0.25) is 0 Å². The maximum atomic E-state index is 5.71. The number of hydrogen-bond acceptors (Lipinski definition) is 5. The highest BCUT2D eigenvalue weighted by atomic mass is 16.5. The van der Waals surface area contributed by atoms with E-state index in [9.17, 15) is 0 Å². The van der Waals surface area contributed by atoms with E-state index in [0.717, 1.165) is 29.3 Å². The second kappa shape index (κ2) is 4.66. The summed E-state index contributed by atoms with van der Waals surface area (Å²) in [6.45, 7) is 1.61. The molecule has 0 spiro atoms. The molecule has 6 heteroatoms. The van der Waals surface area contributed by atoms with E-state index < -0.39 is 0 Å². The van der Waals surface area contributed by atoms with E-state index in [0.29, 0.717) is 12.4 Å². The van der Waals surface area contributed by atoms with Crippen LogP contribution in [0.25, 0.3) is 5.65 Å². The minimum absolute atomic E-state index is 0.673. The number of benzene rings is 1. The van der Waals surface area contributed by atoms with Gasteiger partial charge < -0.3 is 19.4 Å². The third-order valence-electron chi connectivity index (χ3n) is 3.57. The molecular weight excluding hydrogens is 266 g/mol. The summed E-state index contributed by atoms with van der Waals surface area (Å²) in [5.41, 5.74) is 2.79. The summed E-state index contributed by atoms with van der Waals surface area (Å²) in [5.74, 6) is 1.56. The molecule has 0 bridgehead atoms. The molecule has 1 radical (unpaired) electrons. The van der Waals surface area contributed by atoms with Crippen LogP contribution >= 0.6 is 0 Å². The fourth-order valence-corrected chi connectivity index (χ4v) is 2.46. The number of nitrogens with zero attached hydrogens (tertiary/aromatic N) is 4. The van der Waals surface area contributed by atoms with Crippen molar-refractivity contribution < 1.29 is 4.74 Å². The van der Waals surface area contributed by atoms with Gasteiger partial charge in [0.25, 0.3) is 0 Å². The molecule has 0 aliphatic carbocycles. The van der Waals surface area contributed by atoms with Gasteiger partial charge in [0, 0.05) is 37.4 Å². The first-order valence-corrected chi connectivity index (χ1v) is 6.76. The zero-order chi connectivity index (χ0) is 14.2. The van der Waals surface area contributed by atoms with Crippen LogP contribution in [0.15, 0.2) is 36.8 Å². The molecule has 3 aromatic rings. The van der Waals surface area contributed by atoms with E-state index >= 15 is 0 Å². The first-order chi connectivity index (χ1) is 10.3. The summed E-state index contributed by atoms with van der Waals surface area (Å²) in [7, 11) is 2.07. The van der Waals surface area contributed by atoms with Crippen molar-refractivity contribution in [2.24, 2.45) is 0 Å². The van der Waals surface area contributed by atoms with E-state index in [-0.39, 0.29) is 0 Å². The predicted octanol–water partition coefficient (Wildman–Crippen LogP) is 2.10. The molecule has 105 valence electrons. The fourth-order valence-electron chi connectivity index (χ4n) is 2.46. The Bertz CT molecular complexity index is 798. The number of nitrogens with one attached hydrogen (secondary N) is 1. The fraction of sp³-hybridized carbons (Fsp3) is 0.200. The maximum Gasteiger partial charge on any atom is 0.180 e. The van der Waals surface area contributed by atoms with Gasteiger partial charge in [-0.15, -0.1) is 0 Å². The summed E-state index contributed by atoms with van der Waals surface area (Å²) in [4.78, 5) is 10.7. The predicted molar refractivity (Wildman–Crippen MR) is 80.3 cm³/mol. The van der Waals surface area contributed by atoms with E-state index in [2.05, 4.69) is 33.4 Å². The molecule has 0 saturated heterocycles. The van der Waals surface area contributed by atoms with Gasteiger partial charge in [-0.25, -0.2) is 9.97 Å². The van der Waals surface area contributed by atoms with E-state index in [1.807, 2.05) is 28.8 Å². The lowest BCUT2D eigenvalue weighted by Gasteiger charge is -2.28. The largest absolute Gasteiger partial charge is 0.489 e. The Kier molecular flexibility index (Phi) is 2.67. The first kappa shape index (κ1) is 12.0. The number of hydrogen-bond donors (Lipinski definition) is 1. The molecule has 0 amide bonds. The molecule has 0 atom stereocenters. The van der Waals surface area contributed by atoms with Gasteiger partial charge in [0.1, 0.15) is 18.6 Å². The van der Waals surface area contributed by atoms with Gasteiger partial charge in [-0.05, 0) is 12.1 Å². The molecule has 2 aromatic heterocycles. The van der Waals surface area contributed by atoms with Crippen LogP contribution in [0.3, 0.4) is 0 Å². The van der Waals surface area contributed by atoms with Crippen molar-refractivity contribution in [3.05, 3.63) is 43.0 Å². The van der Waals surface area contributed by atoms with Crippen LogP contribution in [0, 0.1) is 6.20 Å². The second-order valence-electron chi connectivity index (χ2n) is 4.95. The van der Waals surface area contributed by atoms with Gasteiger partial charge in [0.05, 0.1) is 12.2 Å². The first-order valence-electron chi connectivity index (χ1n) is 6.76. The molecule has 6 nitrogen and oxygen atoms in total. The minimum atomic E-state index is 0.673. The number of likely N-dealkylation sites (N-methyl/N-ethyl adjacent to an activating group) is 1. The second-order valence-corrected chi connectivity index (χ2v) is 4.95. The number of anilines is 3. The Balaban J connectivity index is 1.70. The molecule has 0 unspecified atom stereocenters. The van der Waals surface area contributed by atoms with Crippen molar-refractivity contribution in [1.82, 2.24) is 14.4 Å². The van der Waals surface area contributed by atoms with Gasteiger partial charge in [-0.2, -0.15) is 0 Å². The van der Waals surface area contributed by atoms with E-state index in [1.54, 1.807) is 12.4 Å². The monoisotopic (exact) mass is 280 g/mol. The van der Waals surface area contributed by atoms with Crippen LogP contribution in [0.5, 0.6) is 5.75 Å². The van der Waals surface area contributed by atoms with Crippen LogP contribution in [0.4, 0.5) is 17.2 Å². The standard InChI is InChI=1S/C15H14N5O/c1-19-8-9-21-13-10-11(2-3-12(13)19)18-14-15-17-5-7-20(15)6-4-16-14/h2-3,5-7,10H,8-9H2,1H3,(H,16,18). The maximum absolute atomic E-state index is 5.71. The molecule has 0 saturated carbocycles. The lowest BCUT2D eigenvalue weighted by atomic mass is 10.2.